The number of rotatable bonds is 8. The number of nitrogens with one attached hydrogen (secondary N) is 1. The summed E-state index contributed by atoms with van der Waals surface area (Å²) >= 11 is 0. The molecule has 0 spiro atoms. The summed E-state index contributed by atoms with van der Waals surface area (Å²) in [6.45, 7) is 16.6. The minimum absolute atomic E-state index is 0.0595. The van der Waals surface area contributed by atoms with Gasteiger partial charge in [0.25, 0.3) is 15.9 Å². The number of benzene rings is 2. The molecule has 1 aliphatic rings. The van der Waals surface area contributed by atoms with Gasteiger partial charge in [0.05, 0.1) is 23.2 Å². The van der Waals surface area contributed by atoms with Gasteiger partial charge in [0, 0.05) is 36.0 Å². The van der Waals surface area contributed by atoms with Gasteiger partial charge in [0.2, 0.25) is 11.8 Å². The summed E-state index contributed by atoms with van der Waals surface area (Å²) in [6, 6.07) is 13.7. The van der Waals surface area contributed by atoms with E-state index in [1.807, 2.05) is 57.8 Å². The Labute approximate surface area is 290 Å². The van der Waals surface area contributed by atoms with E-state index in [1.54, 1.807) is 23.2 Å². The van der Waals surface area contributed by atoms with Crippen LogP contribution in [0.1, 0.15) is 74.4 Å². The lowest BCUT2D eigenvalue weighted by molar-refractivity contribution is 0.0496. The summed E-state index contributed by atoms with van der Waals surface area (Å²) < 4.78 is 36.7. The van der Waals surface area contributed by atoms with E-state index >= 15 is 0 Å². The molecule has 4 aromatic rings. The molecule has 3 heterocycles. The zero-order valence-electron chi connectivity index (χ0n) is 29.9. The average Bonchev–Trinajstić information content (AvgIpc) is 3.04. The summed E-state index contributed by atoms with van der Waals surface area (Å²) in [4.78, 5) is 36.7. The molecule has 12 heteroatoms. The molecule has 260 valence electrons. The van der Waals surface area contributed by atoms with E-state index in [-0.39, 0.29) is 53.3 Å². The van der Waals surface area contributed by atoms with Gasteiger partial charge in [-0.3, -0.25) is 4.79 Å². The van der Waals surface area contributed by atoms with E-state index in [0.717, 1.165) is 28.9 Å². The van der Waals surface area contributed by atoms with Crippen LogP contribution in [0.3, 0.4) is 0 Å². The fourth-order valence-electron chi connectivity index (χ4n) is 5.97. The number of amides is 1. The molecule has 1 N–H and O–H groups in total. The number of nitrogens with zero attached hydrogens (tertiary/aromatic N) is 6. The summed E-state index contributed by atoms with van der Waals surface area (Å²) in [7, 11) is -2.23. The van der Waals surface area contributed by atoms with Crippen LogP contribution >= 0.6 is 0 Å². The second-order valence-corrected chi connectivity index (χ2v) is 15.4. The molecule has 0 aliphatic carbocycles. The van der Waals surface area contributed by atoms with Crippen LogP contribution in [0.2, 0.25) is 0 Å². The fourth-order valence-corrected chi connectivity index (χ4v) is 6.96. The molecular weight excluding hydrogens is 639 g/mol. The number of sulfonamides is 1. The SMILES string of the molecule is Cc1cccc(CC(C)C)c1-c1nc2nc(c1C)OC[C@@H](C(C)C)N(Cc1nccc(N(C)C(C)C)n1)C(=O)c1cccc(c1)S(=O)(=O)N2. The Balaban J connectivity index is 1.68. The standard InChI is InChI=1S/C37H47N7O4S/c1-22(2)18-27-13-10-12-25(7)33(27)34-26(8)35-41-37(40-34)42-49(46,47)29-15-11-14-28(19-29)36(45)44(30(21-48-35)23(3)4)20-31-38-17-16-32(39-31)43(9)24(5)6/h10-17,19,22-24,30H,18,20-21H2,1-9H3,(H,40,41,42)/t30-/m0/s1. The van der Waals surface area contributed by atoms with Gasteiger partial charge >= 0.3 is 0 Å². The molecule has 2 aromatic carbocycles. The molecule has 4 bridgehead atoms. The molecule has 0 fully saturated rings. The van der Waals surface area contributed by atoms with Crippen LogP contribution in [0.15, 0.2) is 59.6 Å². The molecule has 0 saturated carbocycles. The zero-order valence-corrected chi connectivity index (χ0v) is 30.7. The topological polar surface area (TPSA) is 131 Å². The number of anilines is 2. The lowest BCUT2D eigenvalue weighted by atomic mass is 9.91. The second kappa shape index (κ2) is 14.5. The molecule has 5 rings (SSSR count). The predicted octanol–water partition coefficient (Wildman–Crippen LogP) is 6.45. The third-order valence-electron chi connectivity index (χ3n) is 8.90. The monoisotopic (exact) mass is 685 g/mol. The van der Waals surface area contributed by atoms with Crippen LogP contribution in [-0.2, 0) is 23.0 Å². The van der Waals surface area contributed by atoms with E-state index in [1.165, 1.54) is 12.1 Å². The number of aromatic nitrogens is 4. The van der Waals surface area contributed by atoms with E-state index in [9.17, 15) is 13.2 Å². The number of hydrogen-bond acceptors (Lipinski definition) is 9. The van der Waals surface area contributed by atoms with Crippen molar-refractivity contribution in [2.24, 2.45) is 11.8 Å². The lowest BCUT2D eigenvalue weighted by Gasteiger charge is -2.34. The van der Waals surface area contributed by atoms with Gasteiger partial charge in [-0.2, -0.15) is 4.98 Å². The third-order valence-corrected chi connectivity index (χ3v) is 10.2. The minimum atomic E-state index is -4.19. The quantitative estimate of drug-likeness (QED) is 0.222. The Hall–Kier alpha value is -4.58. The first kappa shape index (κ1) is 35.7. The average molecular weight is 686 g/mol. The Morgan fingerprint density at radius 2 is 1.73 bits per heavy atom. The van der Waals surface area contributed by atoms with Crippen LogP contribution in [0.5, 0.6) is 5.88 Å². The van der Waals surface area contributed by atoms with Gasteiger partial charge in [-0.1, -0.05) is 52.0 Å². The number of fused-ring (bicyclic) bond motifs is 4. The van der Waals surface area contributed by atoms with Crippen molar-refractivity contribution in [1.82, 2.24) is 24.8 Å². The third kappa shape index (κ3) is 7.85. The molecule has 1 atom stereocenters. The van der Waals surface area contributed by atoms with Crippen molar-refractivity contribution in [2.45, 2.75) is 85.3 Å². The maximum Gasteiger partial charge on any atom is 0.264 e. The molecule has 0 radical (unpaired) electrons. The van der Waals surface area contributed by atoms with Crippen LogP contribution in [-0.4, -0.2) is 64.9 Å². The number of carbonyl (C=O) groups is 1. The second-order valence-electron chi connectivity index (χ2n) is 13.8. The molecule has 11 nitrogen and oxygen atoms in total. The minimum Gasteiger partial charge on any atom is -0.475 e. The maximum absolute atomic E-state index is 14.4. The largest absolute Gasteiger partial charge is 0.475 e. The highest BCUT2D eigenvalue weighted by Gasteiger charge is 2.32. The number of carbonyl (C=O) groups excluding carboxylic acids is 1. The van der Waals surface area contributed by atoms with Crippen molar-refractivity contribution in [1.29, 1.82) is 0 Å². The van der Waals surface area contributed by atoms with Crippen LogP contribution in [0.4, 0.5) is 11.8 Å². The first-order valence-corrected chi connectivity index (χ1v) is 18.2. The van der Waals surface area contributed by atoms with Gasteiger partial charge in [-0.05, 0) is 81.3 Å². The van der Waals surface area contributed by atoms with Gasteiger partial charge in [0.1, 0.15) is 18.2 Å². The van der Waals surface area contributed by atoms with Crippen LogP contribution in [0, 0.1) is 25.7 Å². The lowest BCUT2D eigenvalue weighted by Crippen LogP contribution is -2.46. The van der Waals surface area contributed by atoms with Gasteiger partial charge in [-0.15, -0.1) is 0 Å². The number of ether oxygens (including phenoxy) is 1. The molecule has 1 aliphatic heterocycles. The molecule has 0 saturated heterocycles. The molecule has 0 unspecified atom stereocenters. The molecule has 2 aromatic heterocycles. The first-order chi connectivity index (χ1) is 23.2. The zero-order chi connectivity index (χ0) is 35.6. The predicted molar refractivity (Wildman–Crippen MR) is 192 cm³/mol. The summed E-state index contributed by atoms with van der Waals surface area (Å²) in [5.41, 5.74) is 4.51. The summed E-state index contributed by atoms with van der Waals surface area (Å²) in [6.07, 6.45) is 2.50. The van der Waals surface area contributed by atoms with Crippen molar-refractivity contribution >= 4 is 27.7 Å². The fraction of sp³-hybridized carbons (Fsp3) is 0.432. The van der Waals surface area contributed by atoms with Gasteiger partial charge in [0.15, 0.2) is 0 Å². The van der Waals surface area contributed by atoms with Crippen LogP contribution in [0.25, 0.3) is 11.3 Å². The van der Waals surface area contributed by atoms with E-state index in [2.05, 4.69) is 48.5 Å². The molecule has 1 amide bonds. The number of hydrogen-bond donors (Lipinski definition) is 1. The number of aryl methyl sites for hydroxylation is 1. The highest BCUT2D eigenvalue weighted by molar-refractivity contribution is 7.92. The van der Waals surface area contributed by atoms with E-state index < -0.39 is 16.1 Å². The normalized spacial score (nSPS) is 16.1. The molecular formula is C37H47N7O4S. The Morgan fingerprint density at radius 1 is 1.00 bits per heavy atom. The van der Waals surface area contributed by atoms with Gasteiger partial charge < -0.3 is 14.5 Å². The molecule has 49 heavy (non-hydrogen) atoms. The highest BCUT2D eigenvalue weighted by Crippen LogP contribution is 2.35. The van der Waals surface area contributed by atoms with E-state index in [0.29, 0.717) is 23.0 Å². The maximum atomic E-state index is 14.4. The van der Waals surface area contributed by atoms with Crippen LogP contribution < -0.4 is 14.4 Å². The summed E-state index contributed by atoms with van der Waals surface area (Å²) in [5, 5.41) is 0. The van der Waals surface area contributed by atoms with E-state index in [4.69, 9.17) is 14.7 Å². The van der Waals surface area contributed by atoms with Crippen molar-refractivity contribution in [2.75, 3.05) is 23.3 Å². The highest BCUT2D eigenvalue weighted by atomic mass is 32.2. The Kier molecular flexibility index (Phi) is 10.6. The van der Waals surface area contributed by atoms with Crippen molar-refractivity contribution < 1.29 is 17.9 Å². The van der Waals surface area contributed by atoms with Crippen molar-refractivity contribution in [3.05, 3.63) is 82.8 Å². The summed E-state index contributed by atoms with van der Waals surface area (Å²) in [5.74, 6) is 1.29. The smallest absolute Gasteiger partial charge is 0.264 e. The van der Waals surface area contributed by atoms with Gasteiger partial charge in [-0.25, -0.2) is 28.1 Å². The van der Waals surface area contributed by atoms with Crippen molar-refractivity contribution in [3.8, 4) is 17.1 Å². The Bertz CT molecular complexity index is 1950. The first-order valence-electron chi connectivity index (χ1n) is 16.7. The van der Waals surface area contributed by atoms with Crippen molar-refractivity contribution in [3.63, 3.8) is 0 Å². The Morgan fingerprint density at radius 3 is 2.43 bits per heavy atom.